The summed E-state index contributed by atoms with van der Waals surface area (Å²) >= 11 is 1.46. The van der Waals surface area contributed by atoms with Gasteiger partial charge >= 0.3 is 5.97 Å². The smallest absolute Gasteiger partial charge is 0.328 e. The van der Waals surface area contributed by atoms with E-state index in [0.717, 1.165) is 17.7 Å². The van der Waals surface area contributed by atoms with Crippen LogP contribution >= 0.6 is 11.3 Å². The van der Waals surface area contributed by atoms with E-state index in [9.17, 15) is 9.59 Å². The van der Waals surface area contributed by atoms with Gasteiger partial charge in [-0.2, -0.15) is 0 Å². The first-order chi connectivity index (χ1) is 8.49. The van der Waals surface area contributed by atoms with E-state index in [1.165, 1.54) is 24.0 Å². The Balaban J connectivity index is 2.72. The van der Waals surface area contributed by atoms with E-state index >= 15 is 0 Å². The quantitative estimate of drug-likeness (QED) is 0.834. The van der Waals surface area contributed by atoms with Gasteiger partial charge in [-0.3, -0.25) is 4.79 Å². The molecule has 0 radical (unpaired) electrons. The van der Waals surface area contributed by atoms with Crippen molar-refractivity contribution in [1.82, 2.24) is 5.32 Å². The molecule has 0 fully saturated rings. The summed E-state index contributed by atoms with van der Waals surface area (Å²) < 4.78 is 4.57. The number of methoxy groups -OCH3 is 1. The van der Waals surface area contributed by atoms with Crippen LogP contribution in [0.3, 0.4) is 0 Å². The van der Waals surface area contributed by atoms with E-state index in [1.807, 2.05) is 13.0 Å². The van der Waals surface area contributed by atoms with Gasteiger partial charge in [0, 0.05) is 4.88 Å². The minimum Gasteiger partial charge on any atom is -0.467 e. The number of ether oxygens (including phenoxy) is 1. The van der Waals surface area contributed by atoms with E-state index < -0.39 is 12.0 Å². The maximum atomic E-state index is 11.9. The Morgan fingerprint density at radius 3 is 2.72 bits per heavy atom. The van der Waals surface area contributed by atoms with Gasteiger partial charge in [-0.25, -0.2) is 4.79 Å². The lowest BCUT2D eigenvalue weighted by molar-refractivity contribution is -0.142. The van der Waals surface area contributed by atoms with E-state index in [4.69, 9.17) is 0 Å². The summed E-state index contributed by atoms with van der Waals surface area (Å²) in [6.07, 6.45) is 2.03. The Bertz CT molecular complexity index is 439. The largest absolute Gasteiger partial charge is 0.467 e. The molecule has 1 aromatic heterocycles. The molecule has 1 heterocycles. The van der Waals surface area contributed by atoms with Crippen LogP contribution in [-0.2, 0) is 16.0 Å². The van der Waals surface area contributed by atoms with Gasteiger partial charge < -0.3 is 10.1 Å². The molecule has 4 nitrogen and oxygen atoms in total. The number of thiophene rings is 1. The summed E-state index contributed by atoms with van der Waals surface area (Å²) in [5.74, 6) is -0.659. The van der Waals surface area contributed by atoms with Crippen molar-refractivity contribution < 1.29 is 14.3 Å². The van der Waals surface area contributed by atoms with Gasteiger partial charge in [0.2, 0.25) is 0 Å². The van der Waals surface area contributed by atoms with Crippen molar-refractivity contribution in [1.29, 1.82) is 0 Å². The lowest BCUT2D eigenvalue weighted by atomic mass is 10.1. The first-order valence-corrected chi connectivity index (χ1v) is 6.79. The van der Waals surface area contributed by atoms with Gasteiger partial charge in [0.05, 0.1) is 12.0 Å². The molecule has 1 amide bonds. The Labute approximate surface area is 111 Å². The van der Waals surface area contributed by atoms with Crippen LogP contribution in [0.5, 0.6) is 0 Å². The molecule has 0 aliphatic heterocycles. The predicted octanol–water partition coefficient (Wildman–Crippen LogP) is 2.30. The van der Waals surface area contributed by atoms with Crippen LogP contribution < -0.4 is 5.32 Å². The third-order valence-electron chi connectivity index (χ3n) is 2.67. The molecule has 1 rings (SSSR count). The normalized spacial score (nSPS) is 12.0. The number of nitrogens with one attached hydrogen (secondary N) is 1. The molecule has 0 spiro atoms. The number of esters is 1. The number of hydrogen-bond acceptors (Lipinski definition) is 4. The molecule has 0 bridgehead atoms. The van der Waals surface area contributed by atoms with Crippen LogP contribution in [0.4, 0.5) is 0 Å². The van der Waals surface area contributed by atoms with Crippen molar-refractivity contribution in [2.45, 2.75) is 39.7 Å². The fraction of sp³-hybridized carbons (Fsp3) is 0.538. The van der Waals surface area contributed by atoms with Crippen molar-refractivity contribution >= 4 is 23.2 Å². The fourth-order valence-corrected chi connectivity index (χ4v) is 2.63. The number of carbonyl (C=O) groups excluding carboxylic acids is 2. The van der Waals surface area contributed by atoms with E-state index in [1.54, 1.807) is 6.92 Å². The SMILES string of the molecule is CCCc1cc(C(=O)N[C@@H](C)C(=O)OC)sc1C. The Hall–Kier alpha value is -1.36. The van der Waals surface area contributed by atoms with Gasteiger partial charge in [-0.05, 0) is 31.9 Å². The summed E-state index contributed by atoms with van der Waals surface area (Å²) in [4.78, 5) is 25.0. The molecule has 1 N–H and O–H groups in total. The zero-order valence-electron chi connectivity index (χ0n) is 11.2. The number of hydrogen-bond donors (Lipinski definition) is 1. The van der Waals surface area contributed by atoms with Gasteiger partial charge in [-0.15, -0.1) is 11.3 Å². The maximum Gasteiger partial charge on any atom is 0.328 e. The third-order valence-corrected chi connectivity index (χ3v) is 3.76. The Morgan fingerprint density at radius 2 is 2.17 bits per heavy atom. The monoisotopic (exact) mass is 269 g/mol. The molecule has 1 atom stereocenters. The maximum absolute atomic E-state index is 11.9. The zero-order valence-corrected chi connectivity index (χ0v) is 12.0. The summed E-state index contributed by atoms with van der Waals surface area (Å²) in [6, 6.07) is 1.28. The molecular weight excluding hydrogens is 250 g/mol. The zero-order chi connectivity index (χ0) is 13.7. The highest BCUT2D eigenvalue weighted by Crippen LogP contribution is 2.22. The molecule has 1 aromatic rings. The van der Waals surface area contributed by atoms with E-state index in [2.05, 4.69) is 17.0 Å². The van der Waals surface area contributed by atoms with Crippen LogP contribution in [-0.4, -0.2) is 25.0 Å². The highest BCUT2D eigenvalue weighted by molar-refractivity contribution is 7.14. The van der Waals surface area contributed by atoms with Gasteiger partial charge in [0.25, 0.3) is 5.91 Å². The Morgan fingerprint density at radius 1 is 1.50 bits per heavy atom. The lowest BCUT2D eigenvalue weighted by Crippen LogP contribution is -2.38. The van der Waals surface area contributed by atoms with Crippen molar-refractivity contribution in [3.05, 3.63) is 21.4 Å². The topological polar surface area (TPSA) is 55.4 Å². The van der Waals surface area contributed by atoms with Crippen LogP contribution in [0.15, 0.2) is 6.07 Å². The number of rotatable bonds is 5. The molecule has 0 aliphatic carbocycles. The summed E-state index contributed by atoms with van der Waals surface area (Å²) in [7, 11) is 1.31. The van der Waals surface area contributed by atoms with E-state index in [0.29, 0.717) is 4.88 Å². The lowest BCUT2D eigenvalue weighted by Gasteiger charge is -2.10. The fourth-order valence-electron chi connectivity index (χ4n) is 1.65. The second-order valence-corrected chi connectivity index (χ2v) is 5.42. The number of amides is 1. The minimum atomic E-state index is -0.625. The number of carbonyl (C=O) groups is 2. The van der Waals surface area contributed by atoms with Crippen LogP contribution in [0.2, 0.25) is 0 Å². The van der Waals surface area contributed by atoms with Gasteiger partial charge in [0.15, 0.2) is 0 Å². The van der Waals surface area contributed by atoms with Gasteiger partial charge in [-0.1, -0.05) is 13.3 Å². The molecule has 0 unspecified atom stereocenters. The molecule has 0 saturated heterocycles. The second-order valence-electron chi connectivity index (χ2n) is 4.16. The first kappa shape index (κ1) is 14.7. The second kappa shape index (κ2) is 6.54. The highest BCUT2D eigenvalue weighted by atomic mass is 32.1. The molecule has 5 heteroatoms. The molecule has 0 saturated carbocycles. The predicted molar refractivity (Wildman–Crippen MR) is 72.0 cm³/mol. The van der Waals surface area contributed by atoms with Crippen molar-refractivity contribution in [3.8, 4) is 0 Å². The molecule has 0 aliphatic rings. The summed E-state index contributed by atoms with van der Waals surface area (Å²) in [5.41, 5.74) is 1.21. The minimum absolute atomic E-state index is 0.219. The number of aryl methyl sites for hydroxylation is 2. The molecule has 100 valence electrons. The molecular formula is C13H19NO3S. The van der Waals surface area contributed by atoms with Gasteiger partial charge in [0.1, 0.15) is 6.04 Å². The molecule has 0 aromatic carbocycles. The summed E-state index contributed by atoms with van der Waals surface area (Å²) in [6.45, 7) is 5.73. The van der Waals surface area contributed by atoms with Crippen LogP contribution in [0.1, 0.15) is 40.4 Å². The standard InChI is InChI=1S/C13H19NO3S/c1-5-6-10-7-11(18-9(10)3)12(15)14-8(2)13(16)17-4/h7-8H,5-6H2,1-4H3,(H,14,15)/t8-/m0/s1. The summed E-state index contributed by atoms with van der Waals surface area (Å²) in [5, 5.41) is 2.63. The van der Waals surface area contributed by atoms with Crippen molar-refractivity contribution in [3.63, 3.8) is 0 Å². The van der Waals surface area contributed by atoms with Crippen molar-refractivity contribution in [2.75, 3.05) is 7.11 Å². The third kappa shape index (κ3) is 3.57. The first-order valence-electron chi connectivity index (χ1n) is 5.97. The van der Waals surface area contributed by atoms with Crippen molar-refractivity contribution in [2.24, 2.45) is 0 Å². The average Bonchev–Trinajstić information content (AvgIpc) is 2.70. The van der Waals surface area contributed by atoms with Crippen LogP contribution in [0.25, 0.3) is 0 Å². The Kier molecular flexibility index (Phi) is 5.34. The van der Waals surface area contributed by atoms with Crippen LogP contribution in [0, 0.1) is 6.92 Å². The average molecular weight is 269 g/mol. The molecule has 18 heavy (non-hydrogen) atoms. The van der Waals surface area contributed by atoms with E-state index in [-0.39, 0.29) is 5.91 Å². The highest BCUT2D eigenvalue weighted by Gasteiger charge is 2.18.